The van der Waals surface area contributed by atoms with Crippen molar-refractivity contribution in [3.05, 3.63) is 18.5 Å². The highest BCUT2D eigenvalue weighted by Gasteiger charge is 2.40. The number of hydrogen-bond donors (Lipinski definition) is 2. The minimum Gasteiger partial charge on any atom is -0.373 e. The zero-order chi connectivity index (χ0) is 13.1. The molecule has 1 aromatic heterocycles. The fourth-order valence-electron chi connectivity index (χ4n) is 2.88. The Bertz CT molecular complexity index is 436. The van der Waals surface area contributed by atoms with E-state index in [1.807, 2.05) is 16.9 Å². The van der Waals surface area contributed by atoms with Crippen LogP contribution in [0.2, 0.25) is 0 Å². The van der Waals surface area contributed by atoms with E-state index in [0.29, 0.717) is 18.2 Å². The van der Waals surface area contributed by atoms with E-state index in [9.17, 15) is 0 Å². The van der Waals surface area contributed by atoms with Crippen molar-refractivity contribution >= 4 is 29.9 Å². The molecular weight excluding hydrogens is 369 g/mol. The average Bonchev–Trinajstić information content (AvgIpc) is 3.14. The maximum Gasteiger partial charge on any atom is 0.191 e. The molecule has 2 saturated heterocycles. The third-order valence-corrected chi connectivity index (χ3v) is 3.84. The predicted octanol–water partition coefficient (Wildman–Crippen LogP) is 0.986. The van der Waals surface area contributed by atoms with Crippen LogP contribution in [0.25, 0.3) is 0 Å². The first kappa shape index (κ1) is 15.6. The van der Waals surface area contributed by atoms with Gasteiger partial charge in [0, 0.05) is 26.0 Å². The molecular formula is C13H22IN5O. The van der Waals surface area contributed by atoms with Crippen LogP contribution in [0.4, 0.5) is 0 Å². The highest BCUT2D eigenvalue weighted by atomic mass is 127. The highest BCUT2D eigenvalue weighted by molar-refractivity contribution is 14.0. The van der Waals surface area contributed by atoms with Gasteiger partial charge in [-0.3, -0.25) is 9.67 Å². The van der Waals surface area contributed by atoms with Gasteiger partial charge in [0.15, 0.2) is 5.96 Å². The summed E-state index contributed by atoms with van der Waals surface area (Å²) in [4.78, 5) is 4.26. The van der Waals surface area contributed by atoms with E-state index >= 15 is 0 Å². The second-order valence-electron chi connectivity index (χ2n) is 5.13. The number of guanidine groups is 1. The molecule has 1 aromatic rings. The second-order valence-corrected chi connectivity index (χ2v) is 5.13. The van der Waals surface area contributed by atoms with Crippen molar-refractivity contribution in [2.45, 2.75) is 44.1 Å². The smallest absolute Gasteiger partial charge is 0.191 e. The van der Waals surface area contributed by atoms with Gasteiger partial charge in [-0.1, -0.05) is 0 Å². The molecule has 2 aliphatic rings. The zero-order valence-corrected chi connectivity index (χ0v) is 14.0. The molecule has 112 valence electrons. The normalized spacial score (nSPS) is 28.2. The summed E-state index contributed by atoms with van der Waals surface area (Å²) in [5.74, 6) is 0.855. The summed E-state index contributed by atoms with van der Waals surface area (Å²) in [5, 5.41) is 10.9. The van der Waals surface area contributed by atoms with Crippen molar-refractivity contribution in [2.75, 3.05) is 13.6 Å². The van der Waals surface area contributed by atoms with Crippen LogP contribution in [-0.4, -0.2) is 47.6 Å². The van der Waals surface area contributed by atoms with Gasteiger partial charge in [0.2, 0.25) is 0 Å². The van der Waals surface area contributed by atoms with Crippen LogP contribution in [-0.2, 0) is 11.3 Å². The molecule has 0 radical (unpaired) electrons. The Kier molecular flexibility index (Phi) is 5.64. The maximum atomic E-state index is 5.83. The summed E-state index contributed by atoms with van der Waals surface area (Å²) in [6.07, 6.45) is 8.08. The van der Waals surface area contributed by atoms with Crippen LogP contribution in [0.5, 0.6) is 0 Å². The minimum absolute atomic E-state index is 0. The number of nitrogens with one attached hydrogen (secondary N) is 2. The number of aliphatic imine (C=N–C) groups is 1. The van der Waals surface area contributed by atoms with Gasteiger partial charge in [-0.05, 0) is 25.3 Å². The lowest BCUT2D eigenvalue weighted by molar-refractivity contribution is 0.0992. The monoisotopic (exact) mass is 391 g/mol. The molecule has 0 amide bonds. The van der Waals surface area contributed by atoms with Crippen molar-refractivity contribution in [2.24, 2.45) is 4.99 Å². The first-order valence-corrected chi connectivity index (χ1v) is 6.95. The highest BCUT2D eigenvalue weighted by Crippen LogP contribution is 2.34. The van der Waals surface area contributed by atoms with E-state index in [4.69, 9.17) is 4.74 Å². The van der Waals surface area contributed by atoms with Gasteiger partial charge in [0.05, 0.1) is 24.8 Å². The summed E-state index contributed by atoms with van der Waals surface area (Å²) in [6.45, 7) is 1.64. The van der Waals surface area contributed by atoms with Gasteiger partial charge < -0.3 is 15.4 Å². The second kappa shape index (κ2) is 7.26. The maximum absolute atomic E-state index is 5.83. The fourth-order valence-corrected chi connectivity index (χ4v) is 2.88. The molecule has 0 saturated carbocycles. The molecule has 3 rings (SSSR count). The summed E-state index contributed by atoms with van der Waals surface area (Å²) in [5.41, 5.74) is 0. The lowest BCUT2D eigenvalue weighted by atomic mass is 9.96. The van der Waals surface area contributed by atoms with Gasteiger partial charge >= 0.3 is 0 Å². The molecule has 0 aromatic carbocycles. The Hall–Kier alpha value is -0.830. The van der Waals surface area contributed by atoms with E-state index in [-0.39, 0.29) is 24.0 Å². The van der Waals surface area contributed by atoms with Crippen LogP contribution in [0.3, 0.4) is 0 Å². The van der Waals surface area contributed by atoms with E-state index in [1.165, 1.54) is 12.8 Å². The van der Waals surface area contributed by atoms with Crippen molar-refractivity contribution in [1.82, 2.24) is 20.4 Å². The number of ether oxygens (including phenoxy) is 1. The molecule has 3 atom stereocenters. The molecule has 2 N–H and O–H groups in total. The molecule has 2 fully saturated rings. The fraction of sp³-hybridized carbons (Fsp3) is 0.692. The molecule has 2 bridgehead atoms. The Morgan fingerprint density at radius 2 is 2.40 bits per heavy atom. The van der Waals surface area contributed by atoms with Crippen LogP contribution in [0.1, 0.15) is 19.3 Å². The SMILES string of the molecule is CN=C(NCCn1cccn1)NC1CC2CCC1O2.I. The van der Waals surface area contributed by atoms with Crippen molar-refractivity contribution in [1.29, 1.82) is 0 Å². The number of nitrogens with zero attached hydrogens (tertiary/aromatic N) is 3. The van der Waals surface area contributed by atoms with Crippen molar-refractivity contribution in [3.63, 3.8) is 0 Å². The predicted molar refractivity (Wildman–Crippen MR) is 88.4 cm³/mol. The first-order valence-electron chi connectivity index (χ1n) is 6.95. The lowest BCUT2D eigenvalue weighted by Crippen LogP contribution is -2.48. The van der Waals surface area contributed by atoms with Gasteiger partial charge in [0.25, 0.3) is 0 Å². The van der Waals surface area contributed by atoms with E-state index in [0.717, 1.165) is 25.5 Å². The van der Waals surface area contributed by atoms with Crippen molar-refractivity contribution < 1.29 is 4.74 Å². The largest absolute Gasteiger partial charge is 0.373 e. The summed E-state index contributed by atoms with van der Waals surface area (Å²) in [6, 6.07) is 2.34. The van der Waals surface area contributed by atoms with Gasteiger partial charge in [0.1, 0.15) is 0 Å². The number of fused-ring (bicyclic) bond motifs is 2. The summed E-state index contributed by atoms with van der Waals surface area (Å²) in [7, 11) is 1.80. The van der Waals surface area contributed by atoms with Gasteiger partial charge in [-0.25, -0.2) is 0 Å². The third kappa shape index (κ3) is 3.63. The van der Waals surface area contributed by atoms with Gasteiger partial charge in [-0.2, -0.15) is 5.10 Å². The quantitative estimate of drug-likeness (QED) is 0.457. The molecule has 7 heteroatoms. The lowest BCUT2D eigenvalue weighted by Gasteiger charge is -2.22. The Labute approximate surface area is 136 Å². The molecule has 0 spiro atoms. The zero-order valence-electron chi connectivity index (χ0n) is 11.7. The van der Waals surface area contributed by atoms with Gasteiger partial charge in [-0.15, -0.1) is 24.0 Å². The van der Waals surface area contributed by atoms with Crippen LogP contribution in [0.15, 0.2) is 23.5 Å². The Balaban J connectivity index is 0.00000147. The van der Waals surface area contributed by atoms with Crippen LogP contribution in [0, 0.1) is 0 Å². The van der Waals surface area contributed by atoms with E-state index in [2.05, 4.69) is 20.7 Å². The Morgan fingerprint density at radius 1 is 1.50 bits per heavy atom. The molecule has 2 aliphatic heterocycles. The molecule has 3 heterocycles. The van der Waals surface area contributed by atoms with Crippen LogP contribution >= 0.6 is 24.0 Å². The number of aromatic nitrogens is 2. The summed E-state index contributed by atoms with van der Waals surface area (Å²) >= 11 is 0. The molecule has 0 aliphatic carbocycles. The Morgan fingerprint density at radius 3 is 3.00 bits per heavy atom. The minimum atomic E-state index is 0. The van der Waals surface area contributed by atoms with Crippen LogP contribution < -0.4 is 10.6 Å². The van der Waals surface area contributed by atoms with E-state index in [1.54, 1.807) is 13.2 Å². The average molecular weight is 391 g/mol. The topological polar surface area (TPSA) is 63.5 Å². The molecule has 20 heavy (non-hydrogen) atoms. The first-order chi connectivity index (χ1) is 9.35. The standard InChI is InChI=1S/C13H21N5O.HI/c1-14-13(15-6-8-18-7-2-5-16-18)17-11-9-10-3-4-12(11)19-10;/h2,5,7,10-12H,3-4,6,8-9H2,1H3,(H2,14,15,17);1H. The van der Waals surface area contributed by atoms with Crippen molar-refractivity contribution in [3.8, 4) is 0 Å². The number of rotatable bonds is 4. The molecule has 6 nitrogen and oxygen atoms in total. The third-order valence-electron chi connectivity index (χ3n) is 3.84. The number of halogens is 1. The molecule has 3 unspecified atom stereocenters. The summed E-state index contributed by atoms with van der Waals surface area (Å²) < 4.78 is 7.74. The van der Waals surface area contributed by atoms with E-state index < -0.39 is 0 Å². The number of hydrogen-bond acceptors (Lipinski definition) is 3.